The fourth-order valence-electron chi connectivity index (χ4n) is 2.82. The van der Waals surface area contributed by atoms with Crippen molar-refractivity contribution >= 4 is 33.1 Å². The smallest absolute Gasteiger partial charge is 0.295 e. The van der Waals surface area contributed by atoms with Crippen molar-refractivity contribution in [3.63, 3.8) is 0 Å². The molecule has 1 aliphatic heterocycles. The van der Waals surface area contributed by atoms with Crippen molar-refractivity contribution in [2.75, 3.05) is 43.1 Å². The normalized spacial score (nSPS) is 14.5. The van der Waals surface area contributed by atoms with Crippen LogP contribution >= 0.6 is 15.9 Å². The summed E-state index contributed by atoms with van der Waals surface area (Å²) >= 11 is 3.35. The number of methoxy groups -OCH3 is 1. The van der Waals surface area contributed by atoms with Gasteiger partial charge in [0.15, 0.2) is 11.6 Å². The van der Waals surface area contributed by atoms with Crippen LogP contribution in [0, 0.1) is 15.9 Å². The number of nitrogens with zero attached hydrogens (tertiary/aromatic N) is 4. The summed E-state index contributed by atoms with van der Waals surface area (Å²) in [6.45, 7) is 2.44. The molecule has 7 nitrogen and oxygen atoms in total. The van der Waals surface area contributed by atoms with Crippen LogP contribution in [0.1, 0.15) is 0 Å². The van der Waals surface area contributed by atoms with Gasteiger partial charge in [-0.15, -0.1) is 0 Å². The first kappa shape index (κ1) is 17.4. The predicted octanol–water partition coefficient (Wildman–Crippen LogP) is 3.23. The molecule has 0 amide bonds. The van der Waals surface area contributed by atoms with E-state index in [4.69, 9.17) is 4.74 Å². The average molecular weight is 411 g/mol. The van der Waals surface area contributed by atoms with E-state index in [2.05, 4.69) is 25.8 Å². The first-order valence-electron chi connectivity index (χ1n) is 7.63. The Balaban J connectivity index is 1.80. The molecular weight excluding hydrogens is 395 g/mol. The van der Waals surface area contributed by atoms with Gasteiger partial charge in [-0.1, -0.05) is 0 Å². The molecule has 1 aliphatic rings. The number of nitro benzene ring substituents is 1. The monoisotopic (exact) mass is 410 g/mol. The van der Waals surface area contributed by atoms with Gasteiger partial charge in [0.1, 0.15) is 11.5 Å². The molecular formula is C16H16BrFN4O3. The van der Waals surface area contributed by atoms with E-state index < -0.39 is 10.7 Å². The molecule has 0 saturated carbocycles. The zero-order valence-electron chi connectivity index (χ0n) is 13.5. The molecule has 0 bridgehead atoms. The maximum atomic E-state index is 13.8. The molecule has 1 fully saturated rings. The van der Waals surface area contributed by atoms with E-state index in [0.29, 0.717) is 31.9 Å². The number of hydrogen-bond donors (Lipinski definition) is 0. The molecule has 9 heteroatoms. The Bertz CT molecular complexity index is 780. The molecule has 0 unspecified atom stereocenters. The number of pyridine rings is 1. The Morgan fingerprint density at radius 3 is 2.48 bits per heavy atom. The summed E-state index contributed by atoms with van der Waals surface area (Å²) < 4.78 is 19.7. The molecule has 0 radical (unpaired) electrons. The van der Waals surface area contributed by atoms with Crippen molar-refractivity contribution in [2.45, 2.75) is 0 Å². The minimum absolute atomic E-state index is 0.00222. The Kier molecular flexibility index (Phi) is 5.03. The Morgan fingerprint density at radius 1 is 1.24 bits per heavy atom. The van der Waals surface area contributed by atoms with Crippen LogP contribution in [0.4, 0.5) is 21.6 Å². The molecule has 2 aromatic rings. The summed E-state index contributed by atoms with van der Waals surface area (Å²) in [4.78, 5) is 19.1. The molecule has 1 saturated heterocycles. The van der Waals surface area contributed by atoms with Crippen LogP contribution in [0.15, 0.2) is 34.9 Å². The number of hydrogen-bond acceptors (Lipinski definition) is 6. The van der Waals surface area contributed by atoms with Crippen LogP contribution in [0.5, 0.6) is 5.75 Å². The second-order valence-electron chi connectivity index (χ2n) is 5.54. The van der Waals surface area contributed by atoms with Gasteiger partial charge in [0.05, 0.1) is 18.1 Å². The lowest BCUT2D eigenvalue weighted by atomic mass is 10.2. The third-order valence-corrected chi connectivity index (χ3v) is 4.57. The molecule has 2 heterocycles. The van der Waals surface area contributed by atoms with E-state index in [9.17, 15) is 14.5 Å². The van der Waals surface area contributed by atoms with Crippen LogP contribution in [-0.2, 0) is 0 Å². The molecule has 25 heavy (non-hydrogen) atoms. The number of piperazine rings is 1. The standard InChI is InChI=1S/C16H16BrFN4O3/c1-25-15-9-13(14(22(23)24)8-12(15)18)20-4-6-21(7-5-20)16-3-2-11(17)10-19-16/h2-3,8-10H,4-7H2,1H3. The average Bonchev–Trinajstić information content (AvgIpc) is 2.62. The highest BCUT2D eigenvalue weighted by molar-refractivity contribution is 9.10. The maximum Gasteiger partial charge on any atom is 0.295 e. The third-order valence-electron chi connectivity index (χ3n) is 4.10. The molecule has 3 rings (SSSR count). The second-order valence-corrected chi connectivity index (χ2v) is 6.46. The van der Waals surface area contributed by atoms with Gasteiger partial charge in [-0.2, -0.15) is 0 Å². The molecule has 1 aromatic heterocycles. The van der Waals surface area contributed by atoms with E-state index in [1.54, 1.807) is 6.20 Å². The maximum absolute atomic E-state index is 13.8. The van der Waals surface area contributed by atoms with Crippen molar-refractivity contribution in [3.8, 4) is 5.75 Å². The fourth-order valence-corrected chi connectivity index (χ4v) is 3.05. The zero-order valence-corrected chi connectivity index (χ0v) is 15.1. The topological polar surface area (TPSA) is 71.7 Å². The summed E-state index contributed by atoms with van der Waals surface area (Å²) in [5, 5.41) is 11.3. The number of halogens is 2. The lowest BCUT2D eigenvalue weighted by Gasteiger charge is -2.36. The zero-order chi connectivity index (χ0) is 18.0. The predicted molar refractivity (Wildman–Crippen MR) is 96.0 cm³/mol. The Labute approximate surface area is 152 Å². The van der Waals surface area contributed by atoms with Gasteiger partial charge in [-0.25, -0.2) is 9.37 Å². The van der Waals surface area contributed by atoms with Crippen LogP contribution in [-0.4, -0.2) is 43.2 Å². The quantitative estimate of drug-likeness (QED) is 0.569. The summed E-state index contributed by atoms with van der Waals surface area (Å²) in [6, 6.07) is 6.14. The number of ether oxygens (including phenoxy) is 1. The number of benzene rings is 1. The van der Waals surface area contributed by atoms with Crippen molar-refractivity contribution in [1.29, 1.82) is 0 Å². The molecule has 0 atom stereocenters. The summed E-state index contributed by atoms with van der Waals surface area (Å²) in [5.74, 6) is 0.113. The SMILES string of the molecule is COc1cc(N2CCN(c3ccc(Br)cn3)CC2)c([N+](=O)[O-])cc1F. The number of aromatic nitrogens is 1. The highest BCUT2D eigenvalue weighted by Gasteiger charge is 2.26. The van der Waals surface area contributed by atoms with Gasteiger partial charge in [0, 0.05) is 42.9 Å². The molecule has 0 spiro atoms. The van der Waals surface area contributed by atoms with Gasteiger partial charge < -0.3 is 14.5 Å². The first-order chi connectivity index (χ1) is 12.0. The number of anilines is 2. The fraction of sp³-hybridized carbons (Fsp3) is 0.312. The minimum atomic E-state index is -0.740. The van der Waals surface area contributed by atoms with E-state index in [1.165, 1.54) is 13.2 Å². The first-order valence-corrected chi connectivity index (χ1v) is 8.42. The minimum Gasteiger partial charge on any atom is -0.494 e. The Hall–Kier alpha value is -2.42. The lowest BCUT2D eigenvalue weighted by molar-refractivity contribution is -0.384. The molecule has 0 aliphatic carbocycles. The highest BCUT2D eigenvalue weighted by atomic mass is 79.9. The number of nitro groups is 1. The number of rotatable bonds is 4. The summed E-state index contributed by atoms with van der Waals surface area (Å²) in [6.07, 6.45) is 1.73. The van der Waals surface area contributed by atoms with E-state index in [1.807, 2.05) is 17.0 Å². The van der Waals surface area contributed by atoms with Crippen LogP contribution < -0.4 is 14.5 Å². The van der Waals surface area contributed by atoms with E-state index in [-0.39, 0.29) is 11.4 Å². The van der Waals surface area contributed by atoms with Gasteiger partial charge >= 0.3 is 0 Å². The molecule has 132 valence electrons. The largest absolute Gasteiger partial charge is 0.494 e. The van der Waals surface area contributed by atoms with Gasteiger partial charge in [-0.3, -0.25) is 10.1 Å². The van der Waals surface area contributed by atoms with Crippen LogP contribution in [0.25, 0.3) is 0 Å². The Morgan fingerprint density at radius 2 is 1.92 bits per heavy atom. The third kappa shape index (κ3) is 3.65. The van der Waals surface area contributed by atoms with Crippen LogP contribution in [0.2, 0.25) is 0 Å². The van der Waals surface area contributed by atoms with Crippen molar-refractivity contribution in [2.24, 2.45) is 0 Å². The van der Waals surface area contributed by atoms with E-state index in [0.717, 1.165) is 16.4 Å². The van der Waals surface area contributed by atoms with E-state index >= 15 is 0 Å². The van der Waals surface area contributed by atoms with Crippen molar-refractivity contribution in [1.82, 2.24) is 4.98 Å². The highest BCUT2D eigenvalue weighted by Crippen LogP contribution is 2.35. The summed E-state index contributed by atoms with van der Waals surface area (Å²) in [5.41, 5.74) is 0.111. The van der Waals surface area contributed by atoms with Crippen molar-refractivity contribution < 1.29 is 14.1 Å². The van der Waals surface area contributed by atoms with Crippen molar-refractivity contribution in [3.05, 3.63) is 50.9 Å². The van der Waals surface area contributed by atoms with Gasteiger partial charge in [-0.05, 0) is 28.1 Å². The van der Waals surface area contributed by atoms with Crippen LogP contribution in [0.3, 0.4) is 0 Å². The molecule has 0 N–H and O–H groups in total. The van der Waals surface area contributed by atoms with Gasteiger partial charge in [0.2, 0.25) is 0 Å². The molecule has 1 aromatic carbocycles. The second kappa shape index (κ2) is 7.22. The lowest BCUT2D eigenvalue weighted by Crippen LogP contribution is -2.47. The summed E-state index contributed by atoms with van der Waals surface area (Å²) in [7, 11) is 1.34. The van der Waals surface area contributed by atoms with Gasteiger partial charge in [0.25, 0.3) is 5.69 Å².